The van der Waals surface area contributed by atoms with Crippen molar-refractivity contribution in [1.29, 1.82) is 0 Å². The molecule has 0 spiro atoms. The van der Waals surface area contributed by atoms with E-state index in [1.165, 1.54) is 14.0 Å². The van der Waals surface area contributed by atoms with E-state index >= 15 is 0 Å². The molecule has 2 atom stereocenters. The van der Waals surface area contributed by atoms with Crippen LogP contribution in [0.4, 0.5) is 4.79 Å². The predicted molar refractivity (Wildman–Crippen MR) is 80.9 cm³/mol. The summed E-state index contributed by atoms with van der Waals surface area (Å²) >= 11 is 0. The number of benzene rings is 1. The van der Waals surface area contributed by atoms with Crippen LogP contribution in [0.2, 0.25) is 0 Å². The Labute approximate surface area is 129 Å². The first-order valence-electron chi connectivity index (χ1n) is 6.93. The number of alkyl carbamates (subject to hydrolysis) is 1. The fraction of sp³-hybridized carbons (Fsp3) is 0.400. The van der Waals surface area contributed by atoms with Gasteiger partial charge in [-0.05, 0) is 19.4 Å². The minimum Gasteiger partial charge on any atom is -0.445 e. The summed E-state index contributed by atoms with van der Waals surface area (Å²) in [5.41, 5.74) is 0.850. The summed E-state index contributed by atoms with van der Waals surface area (Å²) in [5, 5.41) is 7.32. The highest BCUT2D eigenvalue weighted by Crippen LogP contribution is 2.00. The number of hydrogen-bond acceptors (Lipinski definition) is 4. The highest BCUT2D eigenvalue weighted by Gasteiger charge is 2.20. The molecule has 7 nitrogen and oxygen atoms in total. The summed E-state index contributed by atoms with van der Waals surface area (Å²) in [6.45, 7) is 3.18. The first-order chi connectivity index (χ1) is 10.4. The number of nitrogens with one attached hydrogen (secondary N) is 3. The normalized spacial score (nSPS) is 12.7. The molecule has 0 saturated heterocycles. The van der Waals surface area contributed by atoms with E-state index in [1.54, 1.807) is 6.92 Å². The topological polar surface area (TPSA) is 96.5 Å². The molecule has 0 heterocycles. The lowest BCUT2D eigenvalue weighted by molar-refractivity contribution is -0.129. The Balaban J connectivity index is 2.37. The van der Waals surface area contributed by atoms with Crippen LogP contribution >= 0.6 is 0 Å². The Bertz CT molecular complexity index is 519. The Kier molecular flexibility index (Phi) is 6.88. The summed E-state index contributed by atoms with van der Waals surface area (Å²) < 4.78 is 5.01. The van der Waals surface area contributed by atoms with Gasteiger partial charge in [-0.2, -0.15) is 0 Å². The second kappa shape index (κ2) is 8.66. The Morgan fingerprint density at radius 3 is 2.18 bits per heavy atom. The number of hydrogen-bond donors (Lipinski definition) is 3. The van der Waals surface area contributed by atoms with Crippen LogP contribution in [-0.4, -0.2) is 37.0 Å². The number of rotatable bonds is 6. The van der Waals surface area contributed by atoms with E-state index in [1.807, 2.05) is 30.3 Å². The number of ether oxygens (including phenoxy) is 1. The average molecular weight is 307 g/mol. The molecule has 0 aliphatic rings. The van der Waals surface area contributed by atoms with Crippen molar-refractivity contribution in [2.45, 2.75) is 32.5 Å². The van der Waals surface area contributed by atoms with Crippen molar-refractivity contribution in [3.63, 3.8) is 0 Å². The minimum absolute atomic E-state index is 0.121. The first kappa shape index (κ1) is 17.5. The summed E-state index contributed by atoms with van der Waals surface area (Å²) in [4.78, 5) is 34.8. The van der Waals surface area contributed by atoms with Crippen LogP contribution in [0.25, 0.3) is 0 Å². The van der Waals surface area contributed by atoms with Crippen molar-refractivity contribution in [3.8, 4) is 0 Å². The maximum absolute atomic E-state index is 11.8. The monoisotopic (exact) mass is 307 g/mol. The SMILES string of the molecule is CNC(=O)[C@H](C)NC(=O)[C@@H](C)NC(=O)OCc1ccccc1. The minimum atomic E-state index is -0.810. The van der Waals surface area contributed by atoms with E-state index in [0.29, 0.717) is 0 Å². The van der Waals surface area contributed by atoms with Crippen molar-refractivity contribution in [2.24, 2.45) is 0 Å². The second-order valence-corrected chi connectivity index (χ2v) is 4.77. The van der Waals surface area contributed by atoms with Gasteiger partial charge in [-0.25, -0.2) is 4.79 Å². The summed E-state index contributed by atoms with van der Waals surface area (Å²) in [5.74, 6) is -0.778. The molecule has 1 aromatic carbocycles. The van der Waals surface area contributed by atoms with Crippen LogP contribution in [0.15, 0.2) is 30.3 Å². The van der Waals surface area contributed by atoms with Crippen LogP contribution in [0.3, 0.4) is 0 Å². The van der Waals surface area contributed by atoms with Gasteiger partial charge >= 0.3 is 6.09 Å². The Morgan fingerprint density at radius 1 is 1.00 bits per heavy atom. The zero-order valence-electron chi connectivity index (χ0n) is 12.9. The predicted octanol–water partition coefficient (Wildman–Crippen LogP) is 0.552. The molecule has 0 saturated carbocycles. The van der Waals surface area contributed by atoms with Gasteiger partial charge in [-0.3, -0.25) is 9.59 Å². The largest absolute Gasteiger partial charge is 0.445 e. The van der Waals surface area contributed by atoms with Gasteiger partial charge in [-0.1, -0.05) is 30.3 Å². The standard InChI is InChI=1S/C15H21N3O4/c1-10(13(19)16-3)17-14(20)11(2)18-15(21)22-9-12-7-5-4-6-8-12/h4-8,10-11H,9H2,1-3H3,(H,16,19)(H,17,20)(H,18,21)/t10-,11+/m0/s1. The van der Waals surface area contributed by atoms with Gasteiger partial charge in [-0.15, -0.1) is 0 Å². The van der Waals surface area contributed by atoms with Crippen LogP contribution in [0, 0.1) is 0 Å². The fourth-order valence-corrected chi connectivity index (χ4v) is 1.63. The molecule has 0 radical (unpaired) electrons. The molecule has 7 heteroatoms. The number of amides is 3. The zero-order chi connectivity index (χ0) is 16.5. The number of likely N-dealkylation sites (N-methyl/N-ethyl adjacent to an activating group) is 1. The van der Waals surface area contributed by atoms with E-state index in [-0.39, 0.29) is 12.5 Å². The lowest BCUT2D eigenvalue weighted by Crippen LogP contribution is -2.51. The third-order valence-electron chi connectivity index (χ3n) is 2.94. The lowest BCUT2D eigenvalue weighted by atomic mass is 10.2. The molecule has 3 amide bonds. The molecule has 1 aromatic rings. The Hall–Kier alpha value is -2.57. The summed E-state index contributed by atoms with van der Waals surface area (Å²) in [6, 6.07) is 7.71. The van der Waals surface area contributed by atoms with E-state index in [4.69, 9.17) is 4.74 Å². The van der Waals surface area contributed by atoms with E-state index in [2.05, 4.69) is 16.0 Å². The molecule has 0 aliphatic carbocycles. The highest BCUT2D eigenvalue weighted by atomic mass is 16.5. The van der Waals surface area contributed by atoms with Gasteiger partial charge in [0.15, 0.2) is 0 Å². The first-order valence-corrected chi connectivity index (χ1v) is 6.93. The molecule has 0 aromatic heterocycles. The van der Waals surface area contributed by atoms with Crippen molar-refractivity contribution in [1.82, 2.24) is 16.0 Å². The molecule has 22 heavy (non-hydrogen) atoms. The third-order valence-corrected chi connectivity index (χ3v) is 2.94. The Morgan fingerprint density at radius 2 is 1.59 bits per heavy atom. The average Bonchev–Trinajstić information content (AvgIpc) is 2.52. The van der Waals surface area contributed by atoms with Gasteiger partial charge in [0.2, 0.25) is 11.8 Å². The molecule has 0 aliphatic heterocycles. The van der Waals surface area contributed by atoms with Crippen LogP contribution < -0.4 is 16.0 Å². The maximum atomic E-state index is 11.8. The zero-order valence-corrected chi connectivity index (χ0v) is 12.9. The molecular weight excluding hydrogens is 286 g/mol. The van der Waals surface area contributed by atoms with Crippen LogP contribution in [-0.2, 0) is 20.9 Å². The van der Waals surface area contributed by atoms with Crippen molar-refractivity contribution in [2.75, 3.05) is 7.05 Å². The van der Waals surface area contributed by atoms with Crippen molar-refractivity contribution < 1.29 is 19.1 Å². The van der Waals surface area contributed by atoms with Gasteiger partial charge in [0.05, 0.1) is 0 Å². The second-order valence-electron chi connectivity index (χ2n) is 4.77. The molecule has 1 rings (SSSR count). The third kappa shape index (κ3) is 5.82. The van der Waals surface area contributed by atoms with Crippen LogP contribution in [0.5, 0.6) is 0 Å². The van der Waals surface area contributed by atoms with Gasteiger partial charge in [0, 0.05) is 7.05 Å². The van der Waals surface area contributed by atoms with Gasteiger partial charge < -0.3 is 20.7 Å². The van der Waals surface area contributed by atoms with Gasteiger partial charge in [0.1, 0.15) is 18.7 Å². The fourth-order valence-electron chi connectivity index (χ4n) is 1.63. The molecule has 120 valence electrons. The van der Waals surface area contributed by atoms with Crippen LogP contribution in [0.1, 0.15) is 19.4 Å². The van der Waals surface area contributed by atoms with Crippen molar-refractivity contribution >= 4 is 17.9 Å². The van der Waals surface area contributed by atoms with Crippen molar-refractivity contribution in [3.05, 3.63) is 35.9 Å². The molecule has 0 bridgehead atoms. The maximum Gasteiger partial charge on any atom is 0.408 e. The summed E-state index contributed by atoms with van der Waals surface area (Å²) in [6.07, 6.45) is -0.695. The molecule has 0 unspecified atom stereocenters. The number of carbonyl (C=O) groups excluding carboxylic acids is 3. The smallest absolute Gasteiger partial charge is 0.408 e. The molecular formula is C15H21N3O4. The number of carbonyl (C=O) groups is 3. The molecule has 0 fully saturated rings. The van der Waals surface area contributed by atoms with Gasteiger partial charge in [0.25, 0.3) is 0 Å². The lowest BCUT2D eigenvalue weighted by Gasteiger charge is -2.17. The van der Waals surface area contributed by atoms with E-state index in [0.717, 1.165) is 5.56 Å². The van der Waals surface area contributed by atoms with E-state index in [9.17, 15) is 14.4 Å². The summed E-state index contributed by atoms with van der Waals surface area (Å²) in [7, 11) is 1.48. The van der Waals surface area contributed by atoms with E-state index < -0.39 is 24.1 Å². The molecule has 3 N–H and O–H groups in total. The highest BCUT2D eigenvalue weighted by molar-refractivity contribution is 5.90. The quantitative estimate of drug-likeness (QED) is 0.715.